The molecule has 0 unspecified atom stereocenters. The summed E-state index contributed by atoms with van der Waals surface area (Å²) in [4.78, 5) is 14.3. The Bertz CT molecular complexity index is 315. The van der Waals surface area contributed by atoms with E-state index in [0.29, 0.717) is 15.9 Å². The maximum absolute atomic E-state index is 10.5. The second kappa shape index (κ2) is 3.10. The first-order chi connectivity index (χ1) is 5.52. The number of hydrogen-bond acceptors (Lipinski definition) is 3. The molecule has 4 nitrogen and oxygen atoms in total. The zero-order chi connectivity index (χ0) is 9.30. The number of nitrogen functional groups attached to an aromatic ring is 1. The van der Waals surface area contributed by atoms with Gasteiger partial charge in [0.05, 0.1) is 11.4 Å². The summed E-state index contributed by atoms with van der Waals surface area (Å²) in [6.07, 6.45) is 0. The van der Waals surface area contributed by atoms with E-state index in [0.717, 1.165) is 0 Å². The summed E-state index contributed by atoms with van der Waals surface area (Å²) in [5.41, 5.74) is 6.53. The van der Waals surface area contributed by atoms with Gasteiger partial charge in [0.2, 0.25) is 0 Å². The Balaban J connectivity index is 3.31. The highest BCUT2D eigenvalue weighted by atomic mass is 79.9. The van der Waals surface area contributed by atoms with Crippen molar-refractivity contribution in [1.29, 1.82) is 0 Å². The molecule has 0 amide bonds. The number of anilines is 1. The molecule has 1 rings (SSSR count). The maximum atomic E-state index is 10.5. The molecular weight excluding hydrogens is 224 g/mol. The van der Waals surface area contributed by atoms with Crippen molar-refractivity contribution >= 4 is 27.6 Å². The smallest absolute Gasteiger partial charge is 0.354 e. The summed E-state index contributed by atoms with van der Waals surface area (Å²) in [6.45, 7) is 1.66. The summed E-state index contributed by atoms with van der Waals surface area (Å²) in [5.74, 6) is -1.06. The standard InChI is InChI=1S/C7H7BrN2O2/c1-3-6(9)4(8)2-5(10-3)7(11)12/h2H,9H2,1H3,(H,11,12). The molecule has 0 radical (unpaired) electrons. The lowest BCUT2D eigenvalue weighted by molar-refractivity contribution is 0.0690. The van der Waals surface area contributed by atoms with Gasteiger partial charge in [0.15, 0.2) is 0 Å². The van der Waals surface area contributed by atoms with E-state index in [1.165, 1.54) is 6.07 Å². The van der Waals surface area contributed by atoms with Crippen molar-refractivity contribution in [2.45, 2.75) is 6.92 Å². The van der Waals surface area contributed by atoms with E-state index < -0.39 is 5.97 Å². The van der Waals surface area contributed by atoms with Gasteiger partial charge in [-0.1, -0.05) is 0 Å². The number of nitrogens with two attached hydrogens (primary N) is 1. The van der Waals surface area contributed by atoms with Crippen LogP contribution in [0.4, 0.5) is 5.69 Å². The Morgan fingerprint density at radius 1 is 1.75 bits per heavy atom. The summed E-state index contributed by atoms with van der Waals surface area (Å²) < 4.78 is 0.562. The number of halogens is 1. The summed E-state index contributed by atoms with van der Waals surface area (Å²) in [5, 5.41) is 8.60. The molecular formula is C7H7BrN2O2. The highest BCUT2D eigenvalue weighted by molar-refractivity contribution is 9.10. The molecule has 0 aliphatic carbocycles. The van der Waals surface area contributed by atoms with Crippen LogP contribution in [0.15, 0.2) is 10.5 Å². The molecule has 0 aliphatic heterocycles. The minimum atomic E-state index is -1.06. The molecule has 0 fully saturated rings. The van der Waals surface area contributed by atoms with Gasteiger partial charge in [-0.3, -0.25) is 0 Å². The van der Waals surface area contributed by atoms with E-state index in [1.54, 1.807) is 6.92 Å². The van der Waals surface area contributed by atoms with Crippen molar-refractivity contribution in [3.8, 4) is 0 Å². The van der Waals surface area contributed by atoms with Crippen molar-refractivity contribution in [3.63, 3.8) is 0 Å². The molecule has 0 saturated carbocycles. The predicted molar refractivity (Wildman–Crippen MR) is 48.0 cm³/mol. The highest BCUT2D eigenvalue weighted by Gasteiger charge is 2.09. The molecule has 3 N–H and O–H groups in total. The Hall–Kier alpha value is -1.10. The molecule has 5 heteroatoms. The van der Waals surface area contributed by atoms with Gasteiger partial charge in [0, 0.05) is 4.47 Å². The van der Waals surface area contributed by atoms with Crippen LogP contribution < -0.4 is 5.73 Å². The van der Waals surface area contributed by atoms with Gasteiger partial charge in [0.1, 0.15) is 5.69 Å². The average molecular weight is 231 g/mol. The second-order valence-corrected chi connectivity index (χ2v) is 3.15. The minimum absolute atomic E-state index is 0.00595. The Morgan fingerprint density at radius 3 is 2.75 bits per heavy atom. The third-order valence-electron chi connectivity index (χ3n) is 1.42. The first kappa shape index (κ1) is 8.99. The van der Waals surface area contributed by atoms with Crippen molar-refractivity contribution in [2.24, 2.45) is 0 Å². The monoisotopic (exact) mass is 230 g/mol. The Labute approximate surface area is 77.5 Å². The van der Waals surface area contributed by atoms with Crippen LogP contribution in [0.25, 0.3) is 0 Å². The molecule has 1 heterocycles. The average Bonchev–Trinajstić information content (AvgIpc) is 1.99. The van der Waals surface area contributed by atoms with Gasteiger partial charge < -0.3 is 10.8 Å². The number of aromatic nitrogens is 1. The molecule has 0 saturated heterocycles. The zero-order valence-electron chi connectivity index (χ0n) is 6.34. The maximum Gasteiger partial charge on any atom is 0.354 e. The number of carbonyl (C=O) groups is 1. The van der Waals surface area contributed by atoms with Crippen LogP contribution in [0.2, 0.25) is 0 Å². The third-order valence-corrected chi connectivity index (χ3v) is 2.07. The molecule has 1 aromatic heterocycles. The lowest BCUT2D eigenvalue weighted by atomic mass is 10.3. The fourth-order valence-corrected chi connectivity index (χ4v) is 1.26. The predicted octanol–water partition coefficient (Wildman–Crippen LogP) is 1.43. The van der Waals surface area contributed by atoms with Crippen LogP contribution in [-0.2, 0) is 0 Å². The summed E-state index contributed by atoms with van der Waals surface area (Å²) in [7, 11) is 0. The van der Waals surface area contributed by atoms with Gasteiger partial charge >= 0.3 is 5.97 Å². The van der Waals surface area contributed by atoms with Crippen molar-refractivity contribution < 1.29 is 9.90 Å². The normalized spacial score (nSPS) is 9.83. The topological polar surface area (TPSA) is 76.2 Å². The number of hydrogen-bond donors (Lipinski definition) is 2. The van der Waals surface area contributed by atoms with E-state index in [2.05, 4.69) is 20.9 Å². The number of carboxylic acids is 1. The van der Waals surface area contributed by atoms with Gasteiger partial charge in [0.25, 0.3) is 0 Å². The molecule has 12 heavy (non-hydrogen) atoms. The number of rotatable bonds is 1. The van der Waals surface area contributed by atoms with Crippen molar-refractivity contribution in [3.05, 3.63) is 21.9 Å². The fourth-order valence-electron chi connectivity index (χ4n) is 0.753. The lowest BCUT2D eigenvalue weighted by Gasteiger charge is -2.02. The SMILES string of the molecule is Cc1nc(C(=O)O)cc(Br)c1N. The van der Waals surface area contributed by atoms with Crippen LogP contribution in [0.3, 0.4) is 0 Å². The van der Waals surface area contributed by atoms with E-state index in [9.17, 15) is 4.79 Å². The molecule has 0 spiro atoms. The van der Waals surface area contributed by atoms with Crippen LogP contribution in [-0.4, -0.2) is 16.1 Å². The minimum Gasteiger partial charge on any atom is -0.477 e. The molecule has 64 valence electrons. The van der Waals surface area contributed by atoms with E-state index >= 15 is 0 Å². The fraction of sp³-hybridized carbons (Fsp3) is 0.143. The van der Waals surface area contributed by atoms with Gasteiger partial charge in [-0.15, -0.1) is 0 Å². The van der Waals surface area contributed by atoms with E-state index in [-0.39, 0.29) is 5.69 Å². The van der Waals surface area contributed by atoms with Crippen molar-refractivity contribution in [1.82, 2.24) is 4.98 Å². The number of nitrogens with zero attached hydrogens (tertiary/aromatic N) is 1. The van der Waals surface area contributed by atoms with Gasteiger partial charge in [-0.05, 0) is 28.9 Å². The molecule has 1 aromatic rings. The van der Waals surface area contributed by atoms with Gasteiger partial charge in [-0.25, -0.2) is 9.78 Å². The summed E-state index contributed by atoms with van der Waals surface area (Å²) >= 11 is 3.14. The third kappa shape index (κ3) is 1.55. The molecule has 0 atom stereocenters. The van der Waals surface area contributed by atoms with Crippen LogP contribution in [0.1, 0.15) is 16.2 Å². The first-order valence-corrected chi connectivity index (χ1v) is 3.97. The van der Waals surface area contributed by atoms with Crippen LogP contribution in [0, 0.1) is 6.92 Å². The summed E-state index contributed by atoms with van der Waals surface area (Å²) in [6, 6.07) is 1.38. The van der Waals surface area contributed by atoms with E-state index in [1.807, 2.05) is 0 Å². The van der Waals surface area contributed by atoms with Crippen LogP contribution >= 0.6 is 15.9 Å². The van der Waals surface area contributed by atoms with Gasteiger partial charge in [-0.2, -0.15) is 0 Å². The molecule has 0 bridgehead atoms. The number of pyridine rings is 1. The Kier molecular flexibility index (Phi) is 2.32. The quantitative estimate of drug-likeness (QED) is 0.766. The highest BCUT2D eigenvalue weighted by Crippen LogP contribution is 2.22. The van der Waals surface area contributed by atoms with Crippen molar-refractivity contribution in [2.75, 3.05) is 5.73 Å². The number of aromatic carboxylic acids is 1. The molecule has 0 aromatic carbocycles. The number of carboxylic acid groups (broad SMARTS) is 1. The van der Waals surface area contributed by atoms with Crippen LogP contribution in [0.5, 0.6) is 0 Å². The van der Waals surface area contributed by atoms with E-state index in [4.69, 9.17) is 10.8 Å². The first-order valence-electron chi connectivity index (χ1n) is 3.18. The number of aryl methyl sites for hydroxylation is 1. The Morgan fingerprint density at radius 2 is 2.33 bits per heavy atom. The zero-order valence-corrected chi connectivity index (χ0v) is 7.92. The second-order valence-electron chi connectivity index (χ2n) is 2.29. The lowest BCUT2D eigenvalue weighted by Crippen LogP contribution is -2.04. The largest absolute Gasteiger partial charge is 0.477 e. The molecule has 0 aliphatic rings.